The van der Waals surface area contributed by atoms with Crippen LogP contribution in [0.2, 0.25) is 19.6 Å². The molecule has 3 rings (SSSR count). The van der Waals surface area contributed by atoms with Crippen LogP contribution in [0.3, 0.4) is 0 Å². The van der Waals surface area contributed by atoms with Gasteiger partial charge in [-0.25, -0.2) is 0 Å². The van der Waals surface area contributed by atoms with Gasteiger partial charge in [-0.15, -0.1) is 0 Å². The van der Waals surface area contributed by atoms with Crippen molar-refractivity contribution in [3.05, 3.63) is 34.1 Å². The third-order valence-corrected chi connectivity index (χ3v) is 7.56. The predicted molar refractivity (Wildman–Crippen MR) is 119 cm³/mol. The first-order chi connectivity index (χ1) is 13.0. The smallest absolute Gasteiger partial charge is 0.241 e. The second-order valence-electron chi connectivity index (χ2n) is 10.0. The van der Waals surface area contributed by atoms with E-state index >= 15 is 0 Å². The minimum Gasteiger partial charge on any atom is -0.547 e. The van der Waals surface area contributed by atoms with E-state index in [1.165, 1.54) is 28.0 Å². The van der Waals surface area contributed by atoms with Crippen molar-refractivity contribution in [1.82, 2.24) is 0 Å². The summed E-state index contributed by atoms with van der Waals surface area (Å²) in [6.45, 7) is 16.0. The minimum atomic E-state index is -1.59. The molecule has 1 aromatic carbocycles. The number of ether oxygens (including phenoxy) is 2. The maximum Gasteiger partial charge on any atom is 0.241 e. The normalized spacial score (nSPS) is 24.7. The molecule has 0 amide bonds. The molecule has 2 unspecified atom stereocenters. The van der Waals surface area contributed by atoms with E-state index in [1.807, 2.05) is 14.2 Å². The molecule has 0 heterocycles. The maximum atomic E-state index is 6.49. The van der Waals surface area contributed by atoms with E-state index in [2.05, 4.69) is 53.4 Å². The first-order valence-corrected chi connectivity index (χ1v) is 14.1. The van der Waals surface area contributed by atoms with Crippen molar-refractivity contribution in [2.24, 2.45) is 5.92 Å². The van der Waals surface area contributed by atoms with Crippen LogP contribution in [-0.2, 0) is 16.3 Å². The highest BCUT2D eigenvalue weighted by atomic mass is 28.4. The summed E-state index contributed by atoms with van der Waals surface area (Å²) in [6.07, 6.45) is 4.30. The zero-order valence-corrected chi connectivity index (χ0v) is 20.3. The molecule has 0 saturated heterocycles. The molecule has 0 aliphatic heterocycles. The Kier molecular flexibility index (Phi) is 5.65. The molecule has 28 heavy (non-hydrogen) atoms. The fourth-order valence-corrected chi connectivity index (χ4v) is 6.45. The Labute approximate surface area is 172 Å². The Balaban J connectivity index is 2.16. The largest absolute Gasteiger partial charge is 0.547 e. The van der Waals surface area contributed by atoms with Gasteiger partial charge in [-0.05, 0) is 69.3 Å². The lowest BCUT2D eigenvalue weighted by Gasteiger charge is -2.49. The second-order valence-corrected chi connectivity index (χ2v) is 14.5. The lowest BCUT2D eigenvalue weighted by Crippen LogP contribution is -2.42. The molecule has 2 aliphatic carbocycles. The van der Waals surface area contributed by atoms with Crippen LogP contribution in [0.5, 0.6) is 11.5 Å². The molecule has 156 valence electrons. The average Bonchev–Trinajstić information content (AvgIpc) is 2.61. The highest BCUT2D eigenvalue weighted by molar-refractivity contribution is 6.70. The maximum absolute atomic E-state index is 6.49. The molecule has 0 bridgehead atoms. The number of allylic oxidation sites excluding steroid dienone is 2. The summed E-state index contributed by atoms with van der Waals surface area (Å²) < 4.78 is 18.4. The summed E-state index contributed by atoms with van der Waals surface area (Å²) in [5, 5.41) is 0. The van der Waals surface area contributed by atoms with Gasteiger partial charge in [-0.3, -0.25) is 0 Å². The van der Waals surface area contributed by atoms with Crippen molar-refractivity contribution in [3.63, 3.8) is 0 Å². The molecule has 0 N–H and O–H groups in total. The van der Waals surface area contributed by atoms with Crippen molar-refractivity contribution in [3.8, 4) is 11.5 Å². The number of methoxy groups -OCH3 is 2. The van der Waals surface area contributed by atoms with Gasteiger partial charge >= 0.3 is 0 Å². The van der Waals surface area contributed by atoms with Gasteiger partial charge in [0.2, 0.25) is 8.32 Å². The molecule has 2 atom stereocenters. The van der Waals surface area contributed by atoms with Crippen molar-refractivity contribution in [2.45, 2.75) is 84.4 Å². The lowest BCUT2D eigenvalue weighted by molar-refractivity contribution is 0.213. The van der Waals surface area contributed by atoms with Gasteiger partial charge in [0, 0.05) is 28.5 Å². The summed E-state index contributed by atoms with van der Waals surface area (Å²) in [6, 6.07) is 2.23. The van der Waals surface area contributed by atoms with Crippen LogP contribution in [0.25, 0.3) is 0 Å². The van der Waals surface area contributed by atoms with E-state index in [0.717, 1.165) is 37.2 Å². The van der Waals surface area contributed by atoms with Gasteiger partial charge in [-0.2, -0.15) is 0 Å². The van der Waals surface area contributed by atoms with Crippen molar-refractivity contribution in [1.29, 1.82) is 0 Å². The number of hydrogen-bond donors (Lipinski definition) is 0. The van der Waals surface area contributed by atoms with Crippen LogP contribution < -0.4 is 9.47 Å². The van der Waals surface area contributed by atoms with Crippen LogP contribution in [0, 0.1) is 5.92 Å². The van der Waals surface area contributed by atoms with E-state index < -0.39 is 8.32 Å². The van der Waals surface area contributed by atoms with Gasteiger partial charge in [0.1, 0.15) is 11.5 Å². The zero-order chi connectivity index (χ0) is 20.9. The molecule has 0 spiro atoms. The zero-order valence-electron chi connectivity index (χ0n) is 19.3. The highest BCUT2D eigenvalue weighted by Crippen LogP contribution is 2.57. The monoisotopic (exact) mass is 402 g/mol. The minimum absolute atomic E-state index is 0.0676. The lowest BCUT2D eigenvalue weighted by atomic mass is 9.57. The van der Waals surface area contributed by atoms with E-state index in [-0.39, 0.29) is 5.41 Å². The molecule has 3 nitrogen and oxygen atoms in total. The molecule has 0 radical (unpaired) electrons. The Morgan fingerprint density at radius 2 is 1.79 bits per heavy atom. The predicted octanol–water partition coefficient (Wildman–Crippen LogP) is 6.57. The molecule has 0 saturated carbocycles. The number of benzene rings is 1. The average molecular weight is 403 g/mol. The number of fused-ring (bicyclic) bond motifs is 3. The highest BCUT2D eigenvalue weighted by Gasteiger charge is 2.48. The van der Waals surface area contributed by atoms with E-state index in [1.54, 1.807) is 0 Å². The van der Waals surface area contributed by atoms with E-state index in [4.69, 9.17) is 13.9 Å². The number of rotatable bonds is 5. The molecule has 4 heteroatoms. The summed E-state index contributed by atoms with van der Waals surface area (Å²) in [4.78, 5) is 0. The number of hydrogen-bond acceptors (Lipinski definition) is 3. The van der Waals surface area contributed by atoms with Crippen molar-refractivity contribution < 1.29 is 13.9 Å². The molecule has 2 aliphatic rings. The van der Waals surface area contributed by atoms with Crippen LogP contribution in [0.1, 0.15) is 69.6 Å². The fraction of sp³-hybridized carbons (Fsp3) is 0.667. The van der Waals surface area contributed by atoms with Crippen LogP contribution in [0.15, 0.2) is 17.4 Å². The Morgan fingerprint density at radius 1 is 1.11 bits per heavy atom. The van der Waals surface area contributed by atoms with Crippen molar-refractivity contribution >= 4 is 8.32 Å². The standard InChI is InChI=1S/C24H38O3Si/c1-15(2)18-14-21(25-5)22-17(23(18)26-6)10-11-19-16(3)20(27-28(7,8)9)12-13-24(19,22)4/h14-15,19H,10-13H2,1-9H3. The molecular weight excluding hydrogens is 364 g/mol. The summed E-state index contributed by atoms with van der Waals surface area (Å²) >= 11 is 0. The quantitative estimate of drug-likeness (QED) is 0.522. The summed E-state index contributed by atoms with van der Waals surface area (Å²) in [7, 11) is 2.03. The van der Waals surface area contributed by atoms with Crippen molar-refractivity contribution in [2.75, 3.05) is 14.2 Å². The van der Waals surface area contributed by atoms with Crippen LogP contribution >= 0.6 is 0 Å². The van der Waals surface area contributed by atoms with E-state index in [9.17, 15) is 0 Å². The Bertz CT molecular complexity index is 788. The third kappa shape index (κ3) is 3.49. The first-order valence-electron chi connectivity index (χ1n) is 10.7. The Hall–Kier alpha value is -1.42. The summed E-state index contributed by atoms with van der Waals surface area (Å²) in [5.74, 6) is 4.29. The van der Waals surface area contributed by atoms with Gasteiger partial charge in [0.25, 0.3) is 0 Å². The Morgan fingerprint density at radius 3 is 2.32 bits per heavy atom. The van der Waals surface area contributed by atoms with Gasteiger partial charge in [0.15, 0.2) is 0 Å². The first kappa shape index (κ1) is 21.3. The van der Waals surface area contributed by atoms with Crippen LogP contribution in [-0.4, -0.2) is 22.5 Å². The topological polar surface area (TPSA) is 27.7 Å². The molecule has 0 aromatic heterocycles. The SMILES string of the molecule is COc1cc(C(C)C)c(OC)c2c1C1(C)CCC(O[Si](C)(C)C)=C(C)C1CC2. The molecular formula is C24H38O3Si. The third-order valence-electron chi connectivity index (χ3n) is 6.70. The van der Waals surface area contributed by atoms with E-state index in [0.29, 0.717) is 11.8 Å². The van der Waals surface area contributed by atoms with Gasteiger partial charge < -0.3 is 13.9 Å². The van der Waals surface area contributed by atoms with Gasteiger partial charge in [-0.1, -0.05) is 20.8 Å². The summed E-state index contributed by atoms with van der Waals surface area (Å²) in [5.41, 5.74) is 5.52. The second kappa shape index (κ2) is 7.44. The van der Waals surface area contributed by atoms with Gasteiger partial charge in [0.05, 0.1) is 20.0 Å². The van der Waals surface area contributed by atoms with Crippen LogP contribution in [0.4, 0.5) is 0 Å². The fourth-order valence-electron chi connectivity index (χ4n) is 5.45. The molecule has 1 aromatic rings. The molecule has 0 fully saturated rings.